The summed E-state index contributed by atoms with van der Waals surface area (Å²) in [6.07, 6.45) is 0. The van der Waals surface area contributed by atoms with Crippen LogP contribution in [0, 0.1) is 13.8 Å². The van der Waals surface area contributed by atoms with Gasteiger partial charge in [-0.2, -0.15) is 4.80 Å². The number of carbonyl (C=O) groups is 2. The van der Waals surface area contributed by atoms with Gasteiger partial charge in [-0.05, 0) is 30.2 Å². The lowest BCUT2D eigenvalue weighted by Gasteiger charge is -2.11. The predicted octanol–water partition coefficient (Wildman–Crippen LogP) is 1.71. The van der Waals surface area contributed by atoms with Gasteiger partial charge in [0.2, 0.25) is 17.6 Å². The number of aromatic nitrogens is 4. The van der Waals surface area contributed by atoms with Crippen LogP contribution in [0.1, 0.15) is 11.1 Å². The van der Waals surface area contributed by atoms with Crippen LogP contribution in [-0.4, -0.2) is 38.6 Å². The topological polar surface area (TPSA) is 102 Å². The number of carbonyl (C=O) groups excluding carboxylic acids is 2. The Labute approximate surface area is 156 Å². The third-order valence-electron chi connectivity index (χ3n) is 3.96. The SMILES string of the molecule is Cc1cccc(C)c1NC(=O)CNC(=O)Cn1nnc(-c2ccccc2)n1. The number of nitrogens with one attached hydrogen (secondary N) is 2. The molecule has 0 radical (unpaired) electrons. The summed E-state index contributed by atoms with van der Waals surface area (Å²) in [6, 6.07) is 15.1. The second kappa shape index (κ2) is 8.22. The molecule has 0 unspecified atom stereocenters. The normalized spacial score (nSPS) is 10.4. The van der Waals surface area contributed by atoms with Crippen molar-refractivity contribution in [3.8, 4) is 11.4 Å². The Bertz CT molecular complexity index is 932. The van der Waals surface area contributed by atoms with Gasteiger partial charge in [0, 0.05) is 11.3 Å². The number of aryl methyl sites for hydroxylation is 2. The van der Waals surface area contributed by atoms with Crippen molar-refractivity contribution in [1.29, 1.82) is 0 Å². The maximum absolute atomic E-state index is 12.1. The molecule has 138 valence electrons. The summed E-state index contributed by atoms with van der Waals surface area (Å²) in [6.45, 7) is 3.59. The highest BCUT2D eigenvalue weighted by Gasteiger charge is 2.11. The van der Waals surface area contributed by atoms with Gasteiger partial charge in [-0.25, -0.2) is 0 Å². The van der Waals surface area contributed by atoms with Crippen molar-refractivity contribution in [3.05, 3.63) is 59.7 Å². The Morgan fingerprint density at radius 1 is 0.963 bits per heavy atom. The van der Waals surface area contributed by atoms with Crippen LogP contribution in [0.25, 0.3) is 11.4 Å². The van der Waals surface area contributed by atoms with E-state index >= 15 is 0 Å². The molecule has 27 heavy (non-hydrogen) atoms. The Morgan fingerprint density at radius 2 is 1.67 bits per heavy atom. The highest BCUT2D eigenvalue weighted by molar-refractivity contribution is 5.95. The van der Waals surface area contributed by atoms with Gasteiger partial charge in [-0.15, -0.1) is 10.2 Å². The first-order chi connectivity index (χ1) is 13.0. The van der Waals surface area contributed by atoms with E-state index in [1.54, 1.807) is 0 Å². The summed E-state index contributed by atoms with van der Waals surface area (Å²) in [4.78, 5) is 25.3. The second-order valence-electron chi connectivity index (χ2n) is 6.10. The molecule has 1 aromatic heterocycles. The number of benzene rings is 2. The molecule has 2 amide bonds. The fourth-order valence-corrected chi connectivity index (χ4v) is 2.57. The fourth-order valence-electron chi connectivity index (χ4n) is 2.57. The molecule has 3 aromatic rings. The molecule has 2 N–H and O–H groups in total. The van der Waals surface area contributed by atoms with E-state index in [9.17, 15) is 9.59 Å². The van der Waals surface area contributed by atoms with E-state index in [1.807, 2.05) is 62.4 Å². The second-order valence-corrected chi connectivity index (χ2v) is 6.10. The number of para-hydroxylation sites is 1. The van der Waals surface area contributed by atoms with Crippen molar-refractivity contribution in [1.82, 2.24) is 25.5 Å². The molecule has 8 nitrogen and oxygen atoms in total. The van der Waals surface area contributed by atoms with E-state index < -0.39 is 0 Å². The van der Waals surface area contributed by atoms with Crippen LogP contribution in [0.3, 0.4) is 0 Å². The van der Waals surface area contributed by atoms with E-state index in [1.165, 1.54) is 4.80 Å². The molecule has 0 saturated carbocycles. The van der Waals surface area contributed by atoms with Gasteiger partial charge in [0.1, 0.15) is 6.54 Å². The summed E-state index contributed by atoms with van der Waals surface area (Å²) < 4.78 is 0. The van der Waals surface area contributed by atoms with E-state index in [4.69, 9.17) is 0 Å². The molecule has 0 aliphatic carbocycles. The third kappa shape index (κ3) is 4.75. The lowest BCUT2D eigenvalue weighted by atomic mass is 10.1. The van der Waals surface area contributed by atoms with Crippen LogP contribution in [-0.2, 0) is 16.1 Å². The molecule has 0 aliphatic rings. The summed E-state index contributed by atoms with van der Waals surface area (Å²) in [5.41, 5.74) is 3.52. The highest BCUT2D eigenvalue weighted by Crippen LogP contribution is 2.19. The minimum absolute atomic E-state index is 0.115. The summed E-state index contributed by atoms with van der Waals surface area (Å²) >= 11 is 0. The molecular weight excluding hydrogens is 344 g/mol. The minimum Gasteiger partial charge on any atom is -0.345 e. The third-order valence-corrected chi connectivity index (χ3v) is 3.96. The lowest BCUT2D eigenvalue weighted by Crippen LogP contribution is -2.35. The standard InChI is InChI=1S/C19H20N6O2/c1-13-7-6-8-14(2)18(13)21-16(26)11-20-17(27)12-25-23-19(22-24-25)15-9-4-3-5-10-15/h3-10H,11-12H2,1-2H3,(H,20,27)(H,21,26). The summed E-state index contributed by atoms with van der Waals surface area (Å²) in [5.74, 6) is -0.225. The smallest absolute Gasteiger partial charge is 0.244 e. The van der Waals surface area contributed by atoms with Gasteiger partial charge >= 0.3 is 0 Å². The van der Waals surface area contributed by atoms with Gasteiger partial charge in [-0.3, -0.25) is 9.59 Å². The largest absolute Gasteiger partial charge is 0.345 e. The first-order valence-corrected chi connectivity index (χ1v) is 8.49. The number of nitrogens with zero attached hydrogens (tertiary/aromatic N) is 4. The average Bonchev–Trinajstić information content (AvgIpc) is 3.12. The van der Waals surface area contributed by atoms with E-state index in [-0.39, 0.29) is 24.9 Å². The van der Waals surface area contributed by atoms with Crippen LogP contribution in [0.5, 0.6) is 0 Å². The molecule has 0 atom stereocenters. The number of amides is 2. The van der Waals surface area contributed by atoms with Crippen LogP contribution in [0.2, 0.25) is 0 Å². The number of hydrogen-bond acceptors (Lipinski definition) is 5. The van der Waals surface area contributed by atoms with Crippen molar-refractivity contribution in [3.63, 3.8) is 0 Å². The lowest BCUT2D eigenvalue weighted by molar-refractivity contribution is -0.124. The Balaban J connectivity index is 1.51. The Hall–Kier alpha value is -3.55. The zero-order chi connectivity index (χ0) is 19.2. The molecule has 2 aromatic carbocycles. The van der Waals surface area contributed by atoms with Gasteiger partial charge < -0.3 is 10.6 Å². The van der Waals surface area contributed by atoms with Crippen LogP contribution in [0.4, 0.5) is 5.69 Å². The number of tetrazole rings is 1. The first-order valence-electron chi connectivity index (χ1n) is 8.49. The van der Waals surface area contributed by atoms with Gasteiger partial charge in [-0.1, -0.05) is 48.5 Å². The zero-order valence-electron chi connectivity index (χ0n) is 15.1. The molecule has 0 saturated heterocycles. The molecule has 0 fully saturated rings. The van der Waals surface area contributed by atoms with Gasteiger partial charge in [0.25, 0.3) is 0 Å². The molecule has 3 rings (SSSR count). The minimum atomic E-state index is -0.372. The number of hydrogen-bond donors (Lipinski definition) is 2. The summed E-state index contributed by atoms with van der Waals surface area (Å²) in [7, 11) is 0. The van der Waals surface area contributed by atoms with E-state index in [0.29, 0.717) is 5.82 Å². The molecule has 0 bridgehead atoms. The van der Waals surface area contributed by atoms with Crippen LogP contribution >= 0.6 is 0 Å². The van der Waals surface area contributed by atoms with Crippen molar-refractivity contribution >= 4 is 17.5 Å². The number of rotatable bonds is 6. The molecule has 0 aliphatic heterocycles. The van der Waals surface area contributed by atoms with Crippen molar-refractivity contribution in [2.45, 2.75) is 20.4 Å². The average molecular weight is 364 g/mol. The van der Waals surface area contributed by atoms with Gasteiger partial charge in [0.05, 0.1) is 6.54 Å². The highest BCUT2D eigenvalue weighted by atomic mass is 16.2. The first kappa shape index (κ1) is 18.2. The molecule has 0 spiro atoms. The summed E-state index contributed by atoms with van der Waals surface area (Å²) in [5, 5.41) is 17.3. The van der Waals surface area contributed by atoms with Gasteiger partial charge in [0.15, 0.2) is 0 Å². The maximum Gasteiger partial charge on any atom is 0.244 e. The zero-order valence-corrected chi connectivity index (χ0v) is 15.1. The predicted molar refractivity (Wildman–Crippen MR) is 101 cm³/mol. The Morgan fingerprint density at radius 3 is 2.37 bits per heavy atom. The van der Waals surface area contributed by atoms with E-state index in [2.05, 4.69) is 26.0 Å². The number of anilines is 1. The molecular formula is C19H20N6O2. The van der Waals surface area contributed by atoms with Crippen molar-refractivity contribution in [2.75, 3.05) is 11.9 Å². The quantitative estimate of drug-likeness (QED) is 0.693. The fraction of sp³-hybridized carbons (Fsp3) is 0.211. The van der Waals surface area contributed by atoms with Crippen LogP contribution in [0.15, 0.2) is 48.5 Å². The van der Waals surface area contributed by atoms with Crippen LogP contribution < -0.4 is 10.6 Å². The van der Waals surface area contributed by atoms with Crippen molar-refractivity contribution in [2.24, 2.45) is 0 Å². The monoisotopic (exact) mass is 364 g/mol. The van der Waals surface area contributed by atoms with E-state index in [0.717, 1.165) is 22.4 Å². The Kier molecular flexibility index (Phi) is 5.55. The molecule has 8 heteroatoms. The molecule has 1 heterocycles. The maximum atomic E-state index is 12.1. The van der Waals surface area contributed by atoms with Crippen molar-refractivity contribution < 1.29 is 9.59 Å².